The summed E-state index contributed by atoms with van der Waals surface area (Å²) in [5.74, 6) is 1.38. The Balaban J connectivity index is 1.77. The molecule has 1 aliphatic rings. The average Bonchev–Trinajstić information content (AvgIpc) is 2.48. The highest BCUT2D eigenvalue weighted by Crippen LogP contribution is 2.50. The fourth-order valence-electron chi connectivity index (χ4n) is 3.55. The van der Waals surface area contributed by atoms with Crippen LogP contribution in [-0.2, 0) is 0 Å². The van der Waals surface area contributed by atoms with Gasteiger partial charge in [0.1, 0.15) is 0 Å². The molecule has 1 aliphatic carbocycles. The summed E-state index contributed by atoms with van der Waals surface area (Å²) in [7, 11) is 0. The molecule has 0 amide bonds. The molecule has 98 valence electrons. The van der Waals surface area contributed by atoms with Crippen LogP contribution in [0.15, 0.2) is 72.8 Å². The van der Waals surface area contributed by atoms with Gasteiger partial charge in [0.05, 0.1) is 0 Å². The Morgan fingerprint density at radius 3 is 2.10 bits per heavy atom. The van der Waals surface area contributed by atoms with Gasteiger partial charge in [0.15, 0.2) is 0 Å². The minimum atomic E-state index is 0.684. The van der Waals surface area contributed by atoms with Crippen LogP contribution >= 0.6 is 0 Å². The zero-order chi connectivity index (χ0) is 13.4. The molecule has 2 atom stereocenters. The van der Waals surface area contributed by atoms with E-state index in [0.29, 0.717) is 11.8 Å². The molecule has 0 spiro atoms. The first kappa shape index (κ1) is 11.7. The zero-order valence-electron chi connectivity index (χ0n) is 11.5. The molecule has 0 bridgehead atoms. The second-order valence-corrected chi connectivity index (χ2v) is 5.77. The minimum Gasteiger partial charge on any atom is -0.0622 e. The number of hydrogen-bond acceptors (Lipinski definition) is 0. The van der Waals surface area contributed by atoms with Crippen LogP contribution in [0, 0.1) is 0 Å². The SMILES string of the molecule is c1ccc([C@@H]2CC[C@H]2c2cccc3ccccc23)cc1. The van der Waals surface area contributed by atoms with Crippen LogP contribution in [0.5, 0.6) is 0 Å². The maximum absolute atomic E-state index is 2.32. The highest BCUT2D eigenvalue weighted by Gasteiger charge is 2.33. The Labute approximate surface area is 120 Å². The molecule has 0 aromatic heterocycles. The number of hydrogen-bond donors (Lipinski definition) is 0. The van der Waals surface area contributed by atoms with Crippen LogP contribution in [0.3, 0.4) is 0 Å². The summed E-state index contributed by atoms with van der Waals surface area (Å²) in [6, 6.07) is 26.5. The summed E-state index contributed by atoms with van der Waals surface area (Å²) < 4.78 is 0. The van der Waals surface area contributed by atoms with Crippen LogP contribution in [0.4, 0.5) is 0 Å². The van der Waals surface area contributed by atoms with Gasteiger partial charge < -0.3 is 0 Å². The molecule has 4 rings (SSSR count). The Kier molecular flexibility index (Phi) is 2.81. The molecule has 0 heterocycles. The molecule has 3 aromatic carbocycles. The van der Waals surface area contributed by atoms with E-state index in [9.17, 15) is 0 Å². The molecular weight excluding hydrogens is 240 g/mol. The van der Waals surface area contributed by atoms with Gasteiger partial charge in [-0.1, -0.05) is 72.8 Å². The van der Waals surface area contributed by atoms with E-state index >= 15 is 0 Å². The normalized spacial score (nSPS) is 21.6. The molecule has 0 saturated heterocycles. The average molecular weight is 258 g/mol. The largest absolute Gasteiger partial charge is 0.0622 e. The Morgan fingerprint density at radius 1 is 0.600 bits per heavy atom. The quantitative estimate of drug-likeness (QED) is 0.569. The summed E-state index contributed by atoms with van der Waals surface area (Å²) >= 11 is 0. The van der Waals surface area contributed by atoms with Crippen molar-refractivity contribution in [2.24, 2.45) is 0 Å². The first-order valence-corrected chi connectivity index (χ1v) is 7.46. The molecule has 0 aliphatic heterocycles. The fraction of sp³-hybridized carbons (Fsp3) is 0.200. The van der Waals surface area contributed by atoms with Crippen molar-refractivity contribution in [1.82, 2.24) is 0 Å². The molecule has 20 heavy (non-hydrogen) atoms. The van der Waals surface area contributed by atoms with Gasteiger partial charge in [-0.25, -0.2) is 0 Å². The molecule has 0 heteroatoms. The molecule has 0 radical (unpaired) electrons. The smallest absolute Gasteiger partial charge is 0.00867 e. The third-order valence-electron chi connectivity index (χ3n) is 4.72. The van der Waals surface area contributed by atoms with Crippen molar-refractivity contribution in [1.29, 1.82) is 0 Å². The van der Waals surface area contributed by atoms with Gasteiger partial charge in [0.2, 0.25) is 0 Å². The van der Waals surface area contributed by atoms with E-state index in [0.717, 1.165) is 0 Å². The lowest BCUT2D eigenvalue weighted by Crippen LogP contribution is -2.22. The van der Waals surface area contributed by atoms with E-state index in [4.69, 9.17) is 0 Å². The molecule has 1 fully saturated rings. The highest BCUT2D eigenvalue weighted by atomic mass is 14.4. The first-order valence-electron chi connectivity index (χ1n) is 7.46. The van der Waals surface area contributed by atoms with Gasteiger partial charge in [-0.2, -0.15) is 0 Å². The second kappa shape index (κ2) is 4.79. The van der Waals surface area contributed by atoms with Gasteiger partial charge in [-0.15, -0.1) is 0 Å². The number of rotatable bonds is 2. The van der Waals surface area contributed by atoms with Crippen molar-refractivity contribution in [2.75, 3.05) is 0 Å². The van der Waals surface area contributed by atoms with E-state index in [1.807, 2.05) is 0 Å². The maximum atomic E-state index is 2.32. The fourth-order valence-corrected chi connectivity index (χ4v) is 3.55. The van der Waals surface area contributed by atoms with Crippen molar-refractivity contribution in [3.8, 4) is 0 Å². The lowest BCUT2D eigenvalue weighted by atomic mass is 9.66. The summed E-state index contributed by atoms with van der Waals surface area (Å²) in [6.07, 6.45) is 2.63. The van der Waals surface area contributed by atoms with Crippen LogP contribution in [-0.4, -0.2) is 0 Å². The molecule has 0 unspecified atom stereocenters. The minimum absolute atomic E-state index is 0.684. The van der Waals surface area contributed by atoms with E-state index < -0.39 is 0 Å². The van der Waals surface area contributed by atoms with Gasteiger partial charge in [-0.3, -0.25) is 0 Å². The Morgan fingerprint density at radius 2 is 1.30 bits per heavy atom. The Hall–Kier alpha value is -2.08. The van der Waals surface area contributed by atoms with Crippen LogP contribution in [0.1, 0.15) is 35.8 Å². The number of benzene rings is 3. The predicted octanol–water partition coefficient (Wildman–Crippen LogP) is 5.50. The van der Waals surface area contributed by atoms with Crippen molar-refractivity contribution >= 4 is 10.8 Å². The van der Waals surface area contributed by atoms with Gasteiger partial charge in [0.25, 0.3) is 0 Å². The molecule has 1 saturated carbocycles. The lowest BCUT2D eigenvalue weighted by Gasteiger charge is -2.38. The predicted molar refractivity (Wildman–Crippen MR) is 85.1 cm³/mol. The first-order chi connectivity index (χ1) is 9.93. The second-order valence-electron chi connectivity index (χ2n) is 5.77. The van der Waals surface area contributed by atoms with E-state index in [1.165, 1.54) is 34.7 Å². The van der Waals surface area contributed by atoms with E-state index in [-0.39, 0.29) is 0 Å². The maximum Gasteiger partial charge on any atom is -0.00867 e. The third kappa shape index (κ3) is 1.84. The van der Waals surface area contributed by atoms with Crippen molar-refractivity contribution in [2.45, 2.75) is 24.7 Å². The summed E-state index contributed by atoms with van der Waals surface area (Å²) in [5, 5.41) is 2.80. The molecule has 0 nitrogen and oxygen atoms in total. The van der Waals surface area contributed by atoms with Crippen LogP contribution < -0.4 is 0 Å². The van der Waals surface area contributed by atoms with Crippen LogP contribution in [0.25, 0.3) is 10.8 Å². The van der Waals surface area contributed by atoms with Gasteiger partial charge in [-0.05, 0) is 46.6 Å². The monoisotopic (exact) mass is 258 g/mol. The molecule has 0 N–H and O–H groups in total. The van der Waals surface area contributed by atoms with E-state index in [1.54, 1.807) is 0 Å². The Bertz CT molecular complexity index is 722. The van der Waals surface area contributed by atoms with Gasteiger partial charge >= 0.3 is 0 Å². The topological polar surface area (TPSA) is 0 Å². The summed E-state index contributed by atoms with van der Waals surface area (Å²) in [4.78, 5) is 0. The van der Waals surface area contributed by atoms with Crippen molar-refractivity contribution in [3.05, 3.63) is 83.9 Å². The highest BCUT2D eigenvalue weighted by molar-refractivity contribution is 5.86. The van der Waals surface area contributed by atoms with Crippen molar-refractivity contribution in [3.63, 3.8) is 0 Å². The van der Waals surface area contributed by atoms with Gasteiger partial charge in [0, 0.05) is 0 Å². The molecule has 3 aromatic rings. The summed E-state index contributed by atoms with van der Waals surface area (Å²) in [5.41, 5.74) is 3.03. The molecular formula is C20H18. The third-order valence-corrected chi connectivity index (χ3v) is 4.72. The van der Waals surface area contributed by atoms with Crippen LogP contribution in [0.2, 0.25) is 0 Å². The van der Waals surface area contributed by atoms with E-state index in [2.05, 4.69) is 72.8 Å². The zero-order valence-corrected chi connectivity index (χ0v) is 11.5. The lowest BCUT2D eigenvalue weighted by molar-refractivity contribution is 0.348. The number of fused-ring (bicyclic) bond motifs is 1. The van der Waals surface area contributed by atoms with Crippen molar-refractivity contribution < 1.29 is 0 Å². The standard InChI is InChI=1S/C20H18/c1-2-7-15(8-3-1)18-13-14-20(18)19-12-6-10-16-9-4-5-11-17(16)19/h1-12,18,20H,13-14H2/t18-,20+/m0/s1. The summed E-state index contributed by atoms with van der Waals surface area (Å²) in [6.45, 7) is 0.